The Labute approximate surface area is 111 Å². The van der Waals surface area contributed by atoms with E-state index in [1.807, 2.05) is 25.1 Å². The minimum Gasteiger partial charge on any atom is -0.487 e. The first-order valence-electron chi connectivity index (χ1n) is 5.99. The Morgan fingerprint density at radius 2 is 2.21 bits per heavy atom. The molecule has 102 valence electrons. The number of rotatable bonds is 2. The van der Waals surface area contributed by atoms with Crippen LogP contribution in [0.1, 0.15) is 6.92 Å². The van der Waals surface area contributed by atoms with Gasteiger partial charge in [-0.3, -0.25) is 9.69 Å². The van der Waals surface area contributed by atoms with Crippen LogP contribution in [-0.2, 0) is 9.53 Å². The molecule has 6 nitrogen and oxygen atoms in total. The second-order valence-corrected chi connectivity index (χ2v) is 4.24. The second kappa shape index (κ2) is 5.60. The molecule has 0 aromatic heterocycles. The average molecular weight is 264 g/mol. The minimum atomic E-state index is -0.483. The van der Waals surface area contributed by atoms with Crippen molar-refractivity contribution in [1.29, 1.82) is 0 Å². The summed E-state index contributed by atoms with van der Waals surface area (Å²) in [5.74, 6) is 0.178. The number of hydrogen-bond donors (Lipinski definition) is 1. The summed E-state index contributed by atoms with van der Waals surface area (Å²) < 4.78 is 10.1. The highest BCUT2D eigenvalue weighted by atomic mass is 16.5. The molecule has 1 atom stereocenters. The average Bonchev–Trinajstić information content (AvgIpc) is 2.43. The first-order valence-corrected chi connectivity index (χ1v) is 5.99. The van der Waals surface area contributed by atoms with E-state index in [1.165, 1.54) is 7.11 Å². The molecule has 0 radical (unpaired) electrons. The van der Waals surface area contributed by atoms with Gasteiger partial charge in [0.25, 0.3) is 0 Å². The summed E-state index contributed by atoms with van der Waals surface area (Å²) in [5.41, 5.74) is 0.697. The van der Waals surface area contributed by atoms with Crippen molar-refractivity contribution in [3.8, 4) is 5.75 Å². The molecule has 1 N–H and O–H groups in total. The van der Waals surface area contributed by atoms with Gasteiger partial charge < -0.3 is 14.8 Å². The lowest BCUT2D eigenvalue weighted by Crippen LogP contribution is -2.48. The van der Waals surface area contributed by atoms with Crippen molar-refractivity contribution in [1.82, 2.24) is 5.32 Å². The molecular weight excluding hydrogens is 248 g/mol. The summed E-state index contributed by atoms with van der Waals surface area (Å²) in [6.07, 6.45) is -0.0984. The molecule has 1 heterocycles. The van der Waals surface area contributed by atoms with E-state index in [1.54, 1.807) is 11.0 Å². The predicted molar refractivity (Wildman–Crippen MR) is 69.3 cm³/mol. The third kappa shape index (κ3) is 2.96. The molecule has 1 aromatic rings. The Hall–Kier alpha value is -2.24. The number of carbonyl (C=O) groups excluding carboxylic acids is 2. The van der Waals surface area contributed by atoms with Crippen molar-refractivity contribution >= 4 is 17.7 Å². The van der Waals surface area contributed by atoms with Gasteiger partial charge in [-0.05, 0) is 19.1 Å². The molecule has 0 spiro atoms. The van der Waals surface area contributed by atoms with E-state index in [9.17, 15) is 9.59 Å². The van der Waals surface area contributed by atoms with Gasteiger partial charge in [-0.2, -0.15) is 0 Å². The monoisotopic (exact) mass is 264 g/mol. The zero-order chi connectivity index (χ0) is 13.8. The van der Waals surface area contributed by atoms with Gasteiger partial charge in [-0.15, -0.1) is 0 Å². The number of benzene rings is 1. The fourth-order valence-corrected chi connectivity index (χ4v) is 1.90. The number of methoxy groups -OCH3 is 1. The van der Waals surface area contributed by atoms with E-state index in [2.05, 4.69) is 10.1 Å². The number of carbonyl (C=O) groups is 2. The summed E-state index contributed by atoms with van der Waals surface area (Å²) in [4.78, 5) is 24.7. The number of nitrogens with zero attached hydrogens (tertiary/aromatic N) is 1. The van der Waals surface area contributed by atoms with Gasteiger partial charge in [0.05, 0.1) is 19.3 Å². The van der Waals surface area contributed by atoms with E-state index in [0.29, 0.717) is 18.0 Å². The molecule has 0 saturated carbocycles. The fourth-order valence-electron chi connectivity index (χ4n) is 1.90. The Balaban J connectivity index is 2.11. The summed E-state index contributed by atoms with van der Waals surface area (Å²) in [6, 6.07) is 6.96. The minimum absolute atomic E-state index is 0.0984. The molecule has 0 bridgehead atoms. The fraction of sp³-hybridized carbons (Fsp3) is 0.385. The van der Waals surface area contributed by atoms with Crippen molar-refractivity contribution in [3.63, 3.8) is 0 Å². The highest BCUT2D eigenvalue weighted by molar-refractivity contribution is 5.95. The molecule has 6 heteroatoms. The van der Waals surface area contributed by atoms with Gasteiger partial charge in [0, 0.05) is 0 Å². The summed E-state index contributed by atoms with van der Waals surface area (Å²) >= 11 is 0. The van der Waals surface area contributed by atoms with Gasteiger partial charge in [0.2, 0.25) is 0 Å². The number of amides is 2. The van der Waals surface area contributed by atoms with Crippen LogP contribution in [-0.4, -0.2) is 38.3 Å². The molecular formula is C13H16N2O4. The van der Waals surface area contributed by atoms with E-state index < -0.39 is 5.97 Å². The SMILES string of the molecule is COC(=O)CNC(=O)N1C[C@@H](C)Oc2ccccc21. The number of nitrogens with one attached hydrogen (secondary N) is 1. The Bertz CT molecular complexity index is 489. The van der Waals surface area contributed by atoms with Crippen molar-refractivity contribution in [2.75, 3.05) is 25.1 Å². The number of hydrogen-bond acceptors (Lipinski definition) is 4. The highest BCUT2D eigenvalue weighted by Gasteiger charge is 2.27. The van der Waals surface area contributed by atoms with Crippen molar-refractivity contribution in [2.45, 2.75) is 13.0 Å². The normalized spacial score (nSPS) is 17.2. The van der Waals surface area contributed by atoms with Crippen molar-refractivity contribution < 1.29 is 19.1 Å². The van der Waals surface area contributed by atoms with E-state index in [4.69, 9.17) is 4.74 Å². The van der Waals surface area contributed by atoms with Gasteiger partial charge >= 0.3 is 12.0 Å². The van der Waals surface area contributed by atoms with Crippen LogP contribution in [0.2, 0.25) is 0 Å². The third-order valence-electron chi connectivity index (χ3n) is 2.78. The molecule has 0 fully saturated rings. The lowest BCUT2D eigenvalue weighted by Gasteiger charge is -2.33. The van der Waals surface area contributed by atoms with Gasteiger partial charge in [0.15, 0.2) is 0 Å². The Morgan fingerprint density at radius 3 is 2.95 bits per heavy atom. The van der Waals surface area contributed by atoms with Crippen LogP contribution >= 0.6 is 0 Å². The van der Waals surface area contributed by atoms with Crippen LogP contribution in [0.3, 0.4) is 0 Å². The van der Waals surface area contributed by atoms with Crippen LogP contribution in [0.4, 0.5) is 10.5 Å². The first kappa shape index (κ1) is 13.2. The van der Waals surface area contributed by atoms with E-state index in [-0.39, 0.29) is 18.7 Å². The van der Waals surface area contributed by atoms with Gasteiger partial charge in [-0.1, -0.05) is 12.1 Å². The summed E-state index contributed by atoms with van der Waals surface area (Å²) in [5, 5.41) is 2.52. The first-order chi connectivity index (χ1) is 9.11. The van der Waals surface area contributed by atoms with E-state index >= 15 is 0 Å². The maximum absolute atomic E-state index is 12.1. The summed E-state index contributed by atoms with van der Waals surface area (Å²) in [6.45, 7) is 2.17. The smallest absolute Gasteiger partial charge is 0.325 e. The largest absolute Gasteiger partial charge is 0.487 e. The lowest BCUT2D eigenvalue weighted by atomic mass is 10.2. The second-order valence-electron chi connectivity index (χ2n) is 4.24. The number of fused-ring (bicyclic) bond motifs is 1. The van der Waals surface area contributed by atoms with E-state index in [0.717, 1.165) is 0 Å². The third-order valence-corrected chi connectivity index (χ3v) is 2.78. The van der Waals surface area contributed by atoms with Crippen LogP contribution in [0.15, 0.2) is 24.3 Å². The van der Waals surface area contributed by atoms with Crippen LogP contribution < -0.4 is 15.0 Å². The molecule has 2 amide bonds. The number of esters is 1. The van der Waals surface area contributed by atoms with Crippen LogP contribution in [0, 0.1) is 0 Å². The number of anilines is 1. The molecule has 2 rings (SSSR count). The standard InChI is InChI=1S/C13H16N2O4/c1-9-8-15(13(17)14-7-12(16)18-2)10-5-3-4-6-11(10)19-9/h3-6,9H,7-8H2,1-2H3,(H,14,17)/t9-/m1/s1. The molecule has 1 aliphatic rings. The topological polar surface area (TPSA) is 67.9 Å². The molecule has 0 saturated heterocycles. The quantitative estimate of drug-likeness (QED) is 0.814. The zero-order valence-corrected chi connectivity index (χ0v) is 10.9. The molecule has 1 aliphatic heterocycles. The number of para-hydroxylation sites is 2. The van der Waals surface area contributed by atoms with Crippen molar-refractivity contribution in [2.24, 2.45) is 0 Å². The highest BCUT2D eigenvalue weighted by Crippen LogP contribution is 2.32. The predicted octanol–water partition coefficient (Wildman–Crippen LogP) is 1.16. The maximum Gasteiger partial charge on any atom is 0.325 e. The molecule has 19 heavy (non-hydrogen) atoms. The number of ether oxygens (including phenoxy) is 2. The maximum atomic E-state index is 12.1. The van der Waals surface area contributed by atoms with Crippen molar-refractivity contribution in [3.05, 3.63) is 24.3 Å². The zero-order valence-electron chi connectivity index (χ0n) is 10.9. The molecule has 0 aliphatic carbocycles. The molecule has 1 aromatic carbocycles. The summed E-state index contributed by atoms with van der Waals surface area (Å²) in [7, 11) is 1.28. The molecule has 0 unspecified atom stereocenters. The van der Waals surface area contributed by atoms with Gasteiger partial charge in [0.1, 0.15) is 18.4 Å². The Morgan fingerprint density at radius 1 is 1.47 bits per heavy atom. The lowest BCUT2D eigenvalue weighted by molar-refractivity contribution is -0.139. The Kier molecular flexibility index (Phi) is 3.89. The van der Waals surface area contributed by atoms with Crippen LogP contribution in [0.25, 0.3) is 0 Å². The van der Waals surface area contributed by atoms with Gasteiger partial charge in [-0.25, -0.2) is 4.79 Å². The number of urea groups is 1. The van der Waals surface area contributed by atoms with Crippen LogP contribution in [0.5, 0.6) is 5.75 Å².